The van der Waals surface area contributed by atoms with Gasteiger partial charge in [-0.25, -0.2) is 4.79 Å². The van der Waals surface area contributed by atoms with Crippen molar-refractivity contribution >= 4 is 12.0 Å². The number of ether oxygens (including phenoxy) is 1. The monoisotopic (exact) mass is 448 g/mol. The maximum absolute atomic E-state index is 13.0. The molecule has 0 saturated carbocycles. The van der Waals surface area contributed by atoms with Gasteiger partial charge >= 0.3 is 6.09 Å². The fourth-order valence-corrected chi connectivity index (χ4v) is 3.56. The van der Waals surface area contributed by atoms with Crippen molar-refractivity contribution in [1.29, 1.82) is 0 Å². The van der Waals surface area contributed by atoms with Gasteiger partial charge in [-0.1, -0.05) is 63.9 Å². The minimum Gasteiger partial charge on any atom is -0.444 e. The van der Waals surface area contributed by atoms with Crippen LogP contribution in [-0.2, 0) is 16.0 Å². The number of hydrogen-bond acceptors (Lipinski definition) is 4. The summed E-state index contributed by atoms with van der Waals surface area (Å²) in [5.74, 6) is 0.302. The quantitative estimate of drug-likeness (QED) is 0.419. The number of nitrogens with one attached hydrogen (secondary N) is 1. The number of amides is 2. The van der Waals surface area contributed by atoms with Crippen LogP contribution in [0.5, 0.6) is 0 Å². The van der Waals surface area contributed by atoms with E-state index in [1.54, 1.807) is 25.7 Å². The molecule has 6 heteroatoms. The van der Waals surface area contributed by atoms with E-state index in [4.69, 9.17) is 4.74 Å². The molecule has 0 aliphatic carbocycles. The van der Waals surface area contributed by atoms with E-state index in [1.165, 1.54) is 0 Å². The molecule has 2 atom stereocenters. The van der Waals surface area contributed by atoms with Crippen molar-refractivity contribution in [1.82, 2.24) is 10.2 Å². The standard InChI is InChI=1S/C26H44N2O4/c1-7-8-12-17-28(24(30)16-15-21-13-10-9-11-14-21)19-23(29)22(18-20(2)3)27-25(31)32-26(4,5)6/h9-11,13-14,20,22-23,29H,7-8,12,15-19H2,1-6H3,(H,27,31). The highest BCUT2D eigenvalue weighted by Crippen LogP contribution is 2.14. The average Bonchev–Trinajstić information content (AvgIpc) is 2.69. The number of benzene rings is 1. The summed E-state index contributed by atoms with van der Waals surface area (Å²) in [6, 6.07) is 9.47. The number of rotatable bonds is 13. The molecule has 0 aliphatic heterocycles. The second-order valence-corrected chi connectivity index (χ2v) is 9.98. The predicted molar refractivity (Wildman–Crippen MR) is 129 cm³/mol. The molecule has 0 radical (unpaired) electrons. The first-order valence-electron chi connectivity index (χ1n) is 12.0. The zero-order valence-electron chi connectivity index (χ0n) is 20.9. The van der Waals surface area contributed by atoms with Crippen molar-refractivity contribution in [3.63, 3.8) is 0 Å². The summed E-state index contributed by atoms with van der Waals surface area (Å²) in [6.07, 6.45) is 3.25. The van der Waals surface area contributed by atoms with Gasteiger partial charge in [0.1, 0.15) is 5.60 Å². The molecule has 6 nitrogen and oxygen atoms in total. The third-order valence-electron chi connectivity index (χ3n) is 5.15. The third kappa shape index (κ3) is 12.1. The van der Waals surface area contributed by atoms with Gasteiger partial charge in [-0.05, 0) is 51.5 Å². The van der Waals surface area contributed by atoms with Crippen LogP contribution in [0.25, 0.3) is 0 Å². The van der Waals surface area contributed by atoms with Gasteiger partial charge in [-0.15, -0.1) is 0 Å². The van der Waals surface area contributed by atoms with Gasteiger partial charge in [0, 0.05) is 19.5 Å². The van der Waals surface area contributed by atoms with Crippen LogP contribution in [0, 0.1) is 5.92 Å². The Labute approximate surface area is 194 Å². The first-order chi connectivity index (χ1) is 15.0. The number of aryl methyl sites for hydroxylation is 1. The second kappa shape index (κ2) is 14.1. The molecule has 1 rings (SSSR count). The Morgan fingerprint density at radius 2 is 1.78 bits per heavy atom. The highest BCUT2D eigenvalue weighted by molar-refractivity contribution is 5.76. The van der Waals surface area contributed by atoms with Crippen molar-refractivity contribution in [2.24, 2.45) is 5.92 Å². The van der Waals surface area contributed by atoms with Gasteiger partial charge in [0.25, 0.3) is 0 Å². The molecule has 1 aromatic rings. The molecule has 182 valence electrons. The lowest BCUT2D eigenvalue weighted by Crippen LogP contribution is -2.51. The third-order valence-corrected chi connectivity index (χ3v) is 5.15. The first-order valence-corrected chi connectivity index (χ1v) is 12.0. The summed E-state index contributed by atoms with van der Waals surface area (Å²) in [5.41, 5.74) is 0.510. The molecule has 0 aromatic heterocycles. The molecular formula is C26H44N2O4. The largest absolute Gasteiger partial charge is 0.444 e. The maximum Gasteiger partial charge on any atom is 0.407 e. The number of carbonyl (C=O) groups excluding carboxylic acids is 2. The molecule has 0 heterocycles. The molecule has 2 amide bonds. The van der Waals surface area contributed by atoms with E-state index in [-0.39, 0.29) is 18.4 Å². The highest BCUT2D eigenvalue weighted by atomic mass is 16.6. The van der Waals surface area contributed by atoms with Crippen molar-refractivity contribution in [3.8, 4) is 0 Å². The fraction of sp³-hybridized carbons (Fsp3) is 0.692. The molecule has 0 spiro atoms. The average molecular weight is 449 g/mol. The van der Waals surface area contributed by atoms with Crippen LogP contribution >= 0.6 is 0 Å². The Morgan fingerprint density at radius 1 is 1.12 bits per heavy atom. The van der Waals surface area contributed by atoms with Crippen LogP contribution in [0.1, 0.15) is 79.2 Å². The van der Waals surface area contributed by atoms with Gasteiger partial charge in [-0.2, -0.15) is 0 Å². The normalized spacial score (nSPS) is 13.5. The molecule has 1 aromatic carbocycles. The molecule has 0 fully saturated rings. The van der Waals surface area contributed by atoms with Gasteiger partial charge in [0.2, 0.25) is 5.91 Å². The summed E-state index contributed by atoms with van der Waals surface area (Å²) >= 11 is 0. The van der Waals surface area contributed by atoms with E-state index in [1.807, 2.05) is 44.2 Å². The SMILES string of the molecule is CCCCCN(CC(O)C(CC(C)C)NC(=O)OC(C)(C)C)C(=O)CCc1ccccc1. The van der Waals surface area contributed by atoms with Gasteiger partial charge in [0.15, 0.2) is 0 Å². The molecular weight excluding hydrogens is 404 g/mol. The van der Waals surface area contributed by atoms with Crippen LogP contribution in [0.15, 0.2) is 30.3 Å². The van der Waals surface area contributed by atoms with Crippen LogP contribution in [0.4, 0.5) is 4.79 Å². The molecule has 2 unspecified atom stereocenters. The number of aliphatic hydroxyl groups excluding tert-OH is 1. The number of nitrogens with zero attached hydrogens (tertiary/aromatic N) is 1. The van der Waals surface area contributed by atoms with Crippen molar-refractivity contribution in [2.45, 2.75) is 97.8 Å². The van der Waals surface area contributed by atoms with Crippen LogP contribution in [0.3, 0.4) is 0 Å². The molecule has 0 saturated heterocycles. The van der Waals surface area contributed by atoms with E-state index in [2.05, 4.69) is 12.2 Å². The maximum atomic E-state index is 13.0. The van der Waals surface area contributed by atoms with Gasteiger partial charge in [0.05, 0.1) is 12.1 Å². The van der Waals surface area contributed by atoms with E-state index < -0.39 is 23.8 Å². The van der Waals surface area contributed by atoms with Crippen molar-refractivity contribution in [3.05, 3.63) is 35.9 Å². The van der Waals surface area contributed by atoms with E-state index in [9.17, 15) is 14.7 Å². The highest BCUT2D eigenvalue weighted by Gasteiger charge is 2.28. The second-order valence-electron chi connectivity index (χ2n) is 9.98. The van der Waals surface area contributed by atoms with Gasteiger partial charge < -0.3 is 20.1 Å². The lowest BCUT2D eigenvalue weighted by atomic mass is 9.98. The zero-order valence-corrected chi connectivity index (χ0v) is 20.9. The summed E-state index contributed by atoms with van der Waals surface area (Å²) < 4.78 is 5.38. The number of unbranched alkanes of at least 4 members (excludes halogenated alkanes) is 2. The molecule has 2 N–H and O–H groups in total. The zero-order chi connectivity index (χ0) is 24.1. The van der Waals surface area contributed by atoms with E-state index >= 15 is 0 Å². The van der Waals surface area contributed by atoms with Crippen molar-refractivity contribution < 1.29 is 19.4 Å². The summed E-state index contributed by atoms with van der Waals surface area (Å²) in [7, 11) is 0. The number of aliphatic hydroxyl groups is 1. The predicted octanol–water partition coefficient (Wildman–Crippen LogP) is 4.94. The van der Waals surface area contributed by atoms with Gasteiger partial charge in [-0.3, -0.25) is 4.79 Å². The summed E-state index contributed by atoms with van der Waals surface area (Å²) in [6.45, 7) is 12.4. The summed E-state index contributed by atoms with van der Waals surface area (Å²) in [4.78, 5) is 27.1. The molecule has 32 heavy (non-hydrogen) atoms. The van der Waals surface area contributed by atoms with E-state index in [0.29, 0.717) is 25.8 Å². The Morgan fingerprint density at radius 3 is 2.34 bits per heavy atom. The molecule has 0 aliphatic rings. The Hall–Kier alpha value is -2.08. The molecule has 0 bridgehead atoms. The first kappa shape index (κ1) is 28.0. The Bertz CT molecular complexity index is 670. The topological polar surface area (TPSA) is 78.9 Å². The lowest BCUT2D eigenvalue weighted by molar-refractivity contribution is -0.133. The lowest BCUT2D eigenvalue weighted by Gasteiger charge is -2.32. The van der Waals surface area contributed by atoms with E-state index in [0.717, 1.165) is 24.8 Å². The fourth-order valence-electron chi connectivity index (χ4n) is 3.56. The minimum atomic E-state index is -0.868. The van der Waals surface area contributed by atoms with Crippen LogP contribution in [-0.4, -0.2) is 52.8 Å². The Balaban J connectivity index is 2.82. The number of carbonyl (C=O) groups is 2. The number of alkyl carbamates (subject to hydrolysis) is 1. The summed E-state index contributed by atoms with van der Waals surface area (Å²) in [5, 5.41) is 13.8. The van der Waals surface area contributed by atoms with Crippen LogP contribution in [0.2, 0.25) is 0 Å². The van der Waals surface area contributed by atoms with Crippen molar-refractivity contribution in [2.75, 3.05) is 13.1 Å². The Kier molecular flexibility index (Phi) is 12.4. The minimum absolute atomic E-state index is 0.0320. The van der Waals surface area contributed by atoms with Crippen LogP contribution < -0.4 is 5.32 Å². The smallest absolute Gasteiger partial charge is 0.407 e. The number of hydrogen-bond donors (Lipinski definition) is 2.